The molecule has 0 atom stereocenters. The predicted molar refractivity (Wildman–Crippen MR) is 81.6 cm³/mol. The van der Waals surface area contributed by atoms with Crippen LogP contribution in [0.25, 0.3) is 0 Å². The third kappa shape index (κ3) is 4.20. The van der Waals surface area contributed by atoms with E-state index in [2.05, 4.69) is 15.9 Å². The van der Waals surface area contributed by atoms with E-state index in [-0.39, 0.29) is 18.6 Å². The summed E-state index contributed by atoms with van der Waals surface area (Å²) in [5, 5.41) is 9.69. The van der Waals surface area contributed by atoms with Gasteiger partial charge in [-0.3, -0.25) is 4.79 Å². The van der Waals surface area contributed by atoms with Gasteiger partial charge in [0, 0.05) is 22.1 Å². The molecule has 106 valence electrons. The molecule has 0 aliphatic rings. The second-order valence-electron chi connectivity index (χ2n) is 4.32. The Morgan fingerprint density at radius 3 is 2.58 bits per heavy atom. The molecule has 0 aromatic heterocycles. The Balaban J connectivity index is 3.08. The number of carbonyl (C=O) groups excluding carboxylic acids is 1. The molecule has 0 radical (unpaired) electrons. The number of hydrogen-bond acceptors (Lipinski definition) is 2. The Bertz CT molecular complexity index is 435. The van der Waals surface area contributed by atoms with Crippen LogP contribution < -0.4 is 0 Å². The molecule has 1 aromatic rings. The summed E-state index contributed by atoms with van der Waals surface area (Å²) < 4.78 is 0.718. The predicted octanol–water partition coefficient (Wildman–Crippen LogP) is 3.73. The highest BCUT2D eigenvalue weighted by atomic mass is 79.9. The van der Waals surface area contributed by atoms with Gasteiger partial charge >= 0.3 is 0 Å². The SMILES string of the molecule is CCC(CC)N(CCO)C(=O)c1cc(Cl)ccc1Br. The average molecular weight is 349 g/mol. The molecule has 0 saturated carbocycles. The molecule has 0 aliphatic heterocycles. The van der Waals surface area contributed by atoms with Crippen LogP contribution in [0.1, 0.15) is 37.0 Å². The van der Waals surface area contributed by atoms with Gasteiger partial charge in [-0.2, -0.15) is 0 Å². The van der Waals surface area contributed by atoms with Gasteiger partial charge < -0.3 is 10.0 Å². The molecule has 1 N–H and O–H groups in total. The quantitative estimate of drug-likeness (QED) is 0.851. The van der Waals surface area contributed by atoms with Crippen LogP contribution in [0.5, 0.6) is 0 Å². The monoisotopic (exact) mass is 347 g/mol. The van der Waals surface area contributed by atoms with Crippen LogP contribution in [0.3, 0.4) is 0 Å². The van der Waals surface area contributed by atoms with Crippen LogP contribution in [0.4, 0.5) is 0 Å². The standard InChI is InChI=1S/C14H19BrClNO2/c1-3-11(4-2)17(7-8-18)14(19)12-9-10(16)5-6-13(12)15/h5-6,9,11,18H,3-4,7-8H2,1-2H3. The van der Waals surface area contributed by atoms with E-state index in [4.69, 9.17) is 16.7 Å². The fourth-order valence-corrected chi connectivity index (χ4v) is 2.69. The molecule has 19 heavy (non-hydrogen) atoms. The van der Waals surface area contributed by atoms with Gasteiger partial charge in [-0.15, -0.1) is 0 Å². The van der Waals surface area contributed by atoms with E-state index in [0.29, 0.717) is 17.1 Å². The summed E-state index contributed by atoms with van der Waals surface area (Å²) >= 11 is 9.32. The number of hydrogen-bond donors (Lipinski definition) is 1. The van der Waals surface area contributed by atoms with Crippen molar-refractivity contribution in [3.05, 3.63) is 33.3 Å². The van der Waals surface area contributed by atoms with E-state index in [0.717, 1.165) is 17.3 Å². The fourth-order valence-electron chi connectivity index (χ4n) is 2.10. The third-order valence-corrected chi connectivity index (χ3v) is 4.07. The number of amides is 1. The van der Waals surface area contributed by atoms with Gasteiger partial charge in [-0.25, -0.2) is 0 Å². The van der Waals surface area contributed by atoms with Gasteiger partial charge in [-0.05, 0) is 47.0 Å². The van der Waals surface area contributed by atoms with Gasteiger partial charge in [0.1, 0.15) is 0 Å². The van der Waals surface area contributed by atoms with Gasteiger partial charge in [0.25, 0.3) is 5.91 Å². The summed E-state index contributed by atoms with van der Waals surface area (Å²) in [4.78, 5) is 14.3. The normalized spacial score (nSPS) is 10.8. The fraction of sp³-hybridized carbons (Fsp3) is 0.500. The molecule has 0 saturated heterocycles. The second kappa shape index (κ2) is 7.88. The summed E-state index contributed by atoms with van der Waals surface area (Å²) in [5.74, 6) is -0.0999. The minimum atomic E-state index is -0.0999. The summed E-state index contributed by atoms with van der Waals surface area (Å²) in [6.07, 6.45) is 1.72. The van der Waals surface area contributed by atoms with Crippen LogP contribution in [-0.2, 0) is 0 Å². The number of carbonyl (C=O) groups is 1. The number of aliphatic hydroxyl groups is 1. The zero-order chi connectivity index (χ0) is 14.4. The summed E-state index contributed by atoms with van der Waals surface area (Å²) in [5.41, 5.74) is 0.535. The lowest BCUT2D eigenvalue weighted by molar-refractivity contribution is 0.0621. The van der Waals surface area contributed by atoms with Crippen molar-refractivity contribution in [3.63, 3.8) is 0 Å². The van der Waals surface area contributed by atoms with Gasteiger partial charge in [-0.1, -0.05) is 25.4 Å². The Morgan fingerprint density at radius 1 is 1.42 bits per heavy atom. The zero-order valence-corrected chi connectivity index (χ0v) is 13.5. The molecule has 0 bridgehead atoms. The summed E-state index contributed by atoms with van der Waals surface area (Å²) in [7, 11) is 0. The minimum absolute atomic E-state index is 0.0412. The number of benzene rings is 1. The van der Waals surface area contributed by atoms with Crippen molar-refractivity contribution >= 4 is 33.4 Å². The number of halogens is 2. The lowest BCUT2D eigenvalue weighted by Gasteiger charge is -2.30. The molecule has 1 amide bonds. The third-order valence-electron chi connectivity index (χ3n) is 3.14. The number of aliphatic hydroxyl groups excluding tert-OH is 1. The minimum Gasteiger partial charge on any atom is -0.395 e. The Hall–Kier alpha value is -0.580. The van der Waals surface area contributed by atoms with E-state index in [9.17, 15) is 4.79 Å². The zero-order valence-electron chi connectivity index (χ0n) is 11.2. The maximum atomic E-state index is 12.6. The molecule has 0 spiro atoms. The maximum absolute atomic E-state index is 12.6. The first-order chi connectivity index (χ1) is 9.04. The summed E-state index contributed by atoms with van der Waals surface area (Å²) in [6, 6.07) is 5.28. The van der Waals surface area contributed by atoms with Crippen LogP contribution in [0.15, 0.2) is 22.7 Å². The van der Waals surface area contributed by atoms with Crippen molar-refractivity contribution in [2.75, 3.05) is 13.2 Å². The molecule has 0 fully saturated rings. The Labute approximate surface area is 127 Å². The van der Waals surface area contributed by atoms with Gasteiger partial charge in [0.2, 0.25) is 0 Å². The molecule has 5 heteroatoms. The molecular formula is C14H19BrClNO2. The number of rotatable bonds is 6. The molecule has 0 unspecified atom stereocenters. The van der Waals surface area contributed by atoms with Crippen LogP contribution in [0, 0.1) is 0 Å². The molecule has 3 nitrogen and oxygen atoms in total. The van der Waals surface area contributed by atoms with E-state index < -0.39 is 0 Å². The van der Waals surface area contributed by atoms with Crippen LogP contribution in [0.2, 0.25) is 5.02 Å². The van der Waals surface area contributed by atoms with Gasteiger partial charge in [0.05, 0.1) is 12.2 Å². The van der Waals surface area contributed by atoms with E-state index in [1.54, 1.807) is 23.1 Å². The summed E-state index contributed by atoms with van der Waals surface area (Å²) in [6.45, 7) is 4.38. The van der Waals surface area contributed by atoms with Crippen LogP contribution in [-0.4, -0.2) is 35.1 Å². The highest BCUT2D eigenvalue weighted by Gasteiger charge is 2.23. The first-order valence-corrected chi connectivity index (χ1v) is 7.59. The highest BCUT2D eigenvalue weighted by molar-refractivity contribution is 9.10. The second-order valence-corrected chi connectivity index (χ2v) is 5.61. The first-order valence-electron chi connectivity index (χ1n) is 6.42. The topological polar surface area (TPSA) is 40.5 Å². The molecule has 1 rings (SSSR count). The lowest BCUT2D eigenvalue weighted by Crippen LogP contribution is -2.41. The van der Waals surface area contributed by atoms with E-state index in [1.807, 2.05) is 13.8 Å². The first kappa shape index (κ1) is 16.5. The van der Waals surface area contributed by atoms with Crippen molar-refractivity contribution in [2.24, 2.45) is 0 Å². The van der Waals surface area contributed by atoms with Crippen molar-refractivity contribution < 1.29 is 9.90 Å². The van der Waals surface area contributed by atoms with Gasteiger partial charge in [0.15, 0.2) is 0 Å². The Kier molecular flexibility index (Phi) is 6.83. The average Bonchev–Trinajstić information content (AvgIpc) is 2.41. The number of nitrogens with zero attached hydrogens (tertiary/aromatic N) is 1. The van der Waals surface area contributed by atoms with Crippen molar-refractivity contribution in [3.8, 4) is 0 Å². The molecule has 0 aliphatic carbocycles. The maximum Gasteiger partial charge on any atom is 0.255 e. The van der Waals surface area contributed by atoms with E-state index in [1.165, 1.54) is 0 Å². The van der Waals surface area contributed by atoms with Crippen molar-refractivity contribution in [2.45, 2.75) is 32.7 Å². The van der Waals surface area contributed by atoms with E-state index >= 15 is 0 Å². The smallest absolute Gasteiger partial charge is 0.255 e. The Morgan fingerprint density at radius 2 is 2.05 bits per heavy atom. The molecule has 1 aromatic carbocycles. The highest BCUT2D eigenvalue weighted by Crippen LogP contribution is 2.24. The van der Waals surface area contributed by atoms with Crippen molar-refractivity contribution in [1.29, 1.82) is 0 Å². The molecule has 0 heterocycles. The van der Waals surface area contributed by atoms with Crippen molar-refractivity contribution in [1.82, 2.24) is 4.90 Å². The lowest BCUT2D eigenvalue weighted by atomic mass is 10.1. The van der Waals surface area contributed by atoms with Crippen LogP contribution >= 0.6 is 27.5 Å². The molecular weight excluding hydrogens is 330 g/mol. The largest absolute Gasteiger partial charge is 0.395 e.